The second-order valence-electron chi connectivity index (χ2n) is 19.5. The first-order chi connectivity index (χ1) is 24.4. The first kappa shape index (κ1) is 36.5. The molecule has 4 heterocycles. The zero-order chi connectivity index (χ0) is 38.3. The van der Waals surface area contributed by atoms with Crippen LogP contribution in [-0.4, -0.2) is 0 Å². The van der Waals surface area contributed by atoms with Crippen molar-refractivity contribution in [3.63, 3.8) is 0 Å². The molecule has 280 valence electrons. The minimum atomic E-state index is -4.75. The summed E-state index contributed by atoms with van der Waals surface area (Å²) in [5, 5.41) is 0. The Morgan fingerprint density at radius 1 is 0.358 bits per heavy atom. The van der Waals surface area contributed by atoms with Crippen molar-refractivity contribution in [3.05, 3.63) is 115 Å². The van der Waals surface area contributed by atoms with Crippen LogP contribution in [0.4, 0.5) is 0 Å². The Morgan fingerprint density at radius 2 is 0.528 bits per heavy atom. The van der Waals surface area contributed by atoms with E-state index in [1.807, 2.05) is 0 Å². The van der Waals surface area contributed by atoms with Crippen molar-refractivity contribution >= 4 is 15.6 Å². The molecule has 0 saturated carbocycles. The molecule has 0 fully saturated rings. The lowest BCUT2D eigenvalue weighted by atomic mass is 9.79. The van der Waals surface area contributed by atoms with Crippen LogP contribution in [0.2, 0.25) is 0 Å². The second-order valence-corrected chi connectivity index (χ2v) is 22.7. The summed E-state index contributed by atoms with van der Waals surface area (Å²) >= 11 is 0. The molecule has 4 aliphatic rings. The van der Waals surface area contributed by atoms with Crippen LogP contribution < -0.4 is 18.1 Å². The summed E-state index contributed by atoms with van der Waals surface area (Å²) < 4.78 is 63.5. The second kappa shape index (κ2) is 11.5. The topological polar surface area (TPSA) is 80.3 Å². The molecule has 4 aliphatic heterocycles. The van der Waals surface area contributed by atoms with Crippen molar-refractivity contribution in [3.8, 4) is 23.0 Å². The minimum Gasteiger partial charge on any atom is -0.394 e. The average molecular weight is 755 g/mol. The maximum absolute atomic E-state index is 15.4. The van der Waals surface area contributed by atoms with E-state index in [1.54, 1.807) is 0 Å². The van der Waals surface area contributed by atoms with Gasteiger partial charge in [0.05, 0.1) is 0 Å². The fraction of sp³-hybridized carbons (Fsp3) is 0.455. The summed E-state index contributed by atoms with van der Waals surface area (Å²) in [5.41, 5.74) is 10.2. The molecule has 0 amide bonds. The van der Waals surface area contributed by atoms with Crippen molar-refractivity contribution in [2.24, 2.45) is 0 Å². The Bertz CT molecular complexity index is 1920. The van der Waals surface area contributed by atoms with Gasteiger partial charge in [-0.1, -0.05) is 132 Å². The van der Waals surface area contributed by atoms with Gasteiger partial charge in [-0.05, 0) is 88.4 Å². The molecule has 0 N–H and O–H groups in total. The largest absolute Gasteiger partial charge is 0.598 e. The quantitative estimate of drug-likeness (QED) is 0.146. The molecular formula is C44H52O7P2. The van der Waals surface area contributed by atoms with Crippen LogP contribution in [-0.2, 0) is 60.8 Å². The van der Waals surface area contributed by atoms with Gasteiger partial charge in [-0.25, -0.2) is 9.13 Å². The number of phosphoric acid groups is 2. The lowest BCUT2D eigenvalue weighted by molar-refractivity contribution is 0.235. The molecule has 53 heavy (non-hydrogen) atoms. The third kappa shape index (κ3) is 6.55. The Kier molecular flexibility index (Phi) is 7.92. The lowest BCUT2D eigenvalue weighted by Crippen LogP contribution is -2.22. The van der Waals surface area contributed by atoms with Gasteiger partial charge < -0.3 is 18.1 Å². The van der Waals surface area contributed by atoms with Crippen molar-refractivity contribution < 1.29 is 31.5 Å². The van der Waals surface area contributed by atoms with Gasteiger partial charge in [0.15, 0.2) is 0 Å². The first-order valence-electron chi connectivity index (χ1n) is 18.7. The van der Waals surface area contributed by atoms with Crippen molar-refractivity contribution in [1.29, 1.82) is 0 Å². The van der Waals surface area contributed by atoms with Crippen LogP contribution in [0.1, 0.15) is 150 Å². The van der Waals surface area contributed by atoms with E-state index in [1.165, 1.54) is 0 Å². The molecule has 0 aliphatic carbocycles. The molecule has 7 nitrogen and oxygen atoms in total. The average Bonchev–Trinajstić information content (AvgIpc) is 2.99. The van der Waals surface area contributed by atoms with Gasteiger partial charge in [0.25, 0.3) is 0 Å². The Hall–Kier alpha value is -3.50. The standard InChI is InChI=1S/C44H52O7P2/c1-41(2,3)33-17-25-13-27-19-34(42(4,5)6)21-29-15-31-23-36(44(10,11)12)24-32-16-30-22-35(43(7,8)9)20-28-14-26(18-33)37(25)47-52(45,50-40(31)32)51-53(46,48-38(27)29)49-39(28)30/h17-24H,13-16H2,1-12H3. The Labute approximate surface area is 315 Å². The smallest absolute Gasteiger partial charge is 0.394 e. The van der Waals surface area contributed by atoms with Crippen LogP contribution >= 0.6 is 15.6 Å². The predicted molar refractivity (Wildman–Crippen MR) is 211 cm³/mol. The van der Waals surface area contributed by atoms with E-state index < -0.39 is 15.6 Å². The molecule has 4 aromatic carbocycles. The zero-order valence-electron chi connectivity index (χ0n) is 33.2. The van der Waals surface area contributed by atoms with E-state index in [-0.39, 0.29) is 21.7 Å². The van der Waals surface area contributed by atoms with E-state index in [4.69, 9.17) is 22.4 Å². The number of benzene rings is 4. The van der Waals surface area contributed by atoms with Crippen LogP contribution in [0.25, 0.3) is 0 Å². The zero-order valence-corrected chi connectivity index (χ0v) is 35.0. The van der Waals surface area contributed by atoms with Gasteiger partial charge >= 0.3 is 15.6 Å². The summed E-state index contributed by atoms with van der Waals surface area (Å²) in [6, 6.07) is 17.1. The van der Waals surface area contributed by atoms with Gasteiger partial charge in [0, 0.05) is 25.7 Å². The van der Waals surface area contributed by atoms with E-state index in [9.17, 15) is 0 Å². The molecule has 0 radical (unpaired) electrons. The summed E-state index contributed by atoms with van der Waals surface area (Å²) in [7, 11) is -9.49. The minimum absolute atomic E-state index is 0.215. The number of rotatable bonds is 0. The highest BCUT2D eigenvalue weighted by molar-refractivity contribution is 7.63. The van der Waals surface area contributed by atoms with Gasteiger partial charge in [-0.2, -0.15) is 0 Å². The monoisotopic (exact) mass is 754 g/mol. The predicted octanol–water partition coefficient (Wildman–Crippen LogP) is 12.3. The molecule has 4 aromatic rings. The van der Waals surface area contributed by atoms with Crippen LogP contribution in [0, 0.1) is 0 Å². The molecule has 8 rings (SSSR count). The summed E-state index contributed by atoms with van der Waals surface area (Å²) in [6.07, 6.45) is 1.50. The van der Waals surface area contributed by atoms with Gasteiger partial charge in [0.1, 0.15) is 23.0 Å². The summed E-state index contributed by atoms with van der Waals surface area (Å²) in [6.45, 7) is 26.3. The Morgan fingerprint density at radius 3 is 0.679 bits per heavy atom. The van der Waals surface area contributed by atoms with Crippen LogP contribution in [0.3, 0.4) is 0 Å². The molecule has 0 spiro atoms. The highest BCUT2D eigenvalue weighted by Gasteiger charge is 2.51. The molecule has 6 bridgehead atoms. The van der Waals surface area contributed by atoms with Crippen molar-refractivity contribution in [2.45, 2.75) is 130 Å². The third-order valence-corrected chi connectivity index (χ3v) is 14.2. The lowest BCUT2D eigenvalue weighted by Gasteiger charge is -2.35. The number of phosphoric ester groups is 2. The maximum atomic E-state index is 15.4. The fourth-order valence-corrected chi connectivity index (χ4v) is 11.2. The van der Waals surface area contributed by atoms with Gasteiger partial charge in [0.2, 0.25) is 0 Å². The first-order valence-corrected chi connectivity index (χ1v) is 21.6. The number of hydrogen-bond acceptors (Lipinski definition) is 7. The normalized spacial score (nSPS) is 21.7. The van der Waals surface area contributed by atoms with Crippen LogP contribution in [0.5, 0.6) is 23.0 Å². The SMILES string of the molecule is CC(C)(C)c1cc2c3c(c1)Cc1cc(C(C)(C)C)cc4c1OP1(=O)Oc5c(cc(C(C)(C)C)cc5Cc5cc(C(C)(C)C)cc(c5OP(=O)(O3)O1)C4)C2. The fourth-order valence-electron chi connectivity index (χ4n) is 7.76. The summed E-state index contributed by atoms with van der Waals surface area (Å²) in [5.74, 6) is 1.65. The van der Waals surface area contributed by atoms with Crippen molar-refractivity contribution in [2.75, 3.05) is 0 Å². The molecule has 9 heteroatoms. The highest BCUT2D eigenvalue weighted by atomic mass is 31.3. The maximum Gasteiger partial charge on any atom is 0.598 e. The third-order valence-electron chi connectivity index (χ3n) is 11.0. The molecule has 0 aromatic heterocycles. The Balaban J connectivity index is 1.61. The number of hydrogen-bond donors (Lipinski definition) is 0. The van der Waals surface area contributed by atoms with E-state index >= 15 is 9.13 Å². The van der Waals surface area contributed by atoms with Crippen LogP contribution in [0.15, 0.2) is 48.5 Å². The molecule has 0 unspecified atom stereocenters. The molecule has 0 saturated heterocycles. The van der Waals surface area contributed by atoms with Gasteiger partial charge in [-0.15, -0.1) is 4.31 Å². The van der Waals surface area contributed by atoms with Crippen molar-refractivity contribution in [1.82, 2.24) is 0 Å². The van der Waals surface area contributed by atoms with E-state index in [0.717, 1.165) is 66.8 Å². The van der Waals surface area contributed by atoms with E-state index in [0.29, 0.717) is 48.7 Å². The molecule has 0 atom stereocenters. The highest BCUT2D eigenvalue weighted by Crippen LogP contribution is 2.69. The molecular weight excluding hydrogens is 702 g/mol. The summed E-state index contributed by atoms with van der Waals surface area (Å²) in [4.78, 5) is 0. The van der Waals surface area contributed by atoms with E-state index in [2.05, 4.69) is 132 Å². The van der Waals surface area contributed by atoms with Gasteiger partial charge in [-0.3, -0.25) is 0 Å².